The van der Waals surface area contributed by atoms with Gasteiger partial charge in [-0.15, -0.1) is 0 Å². The summed E-state index contributed by atoms with van der Waals surface area (Å²) in [4.78, 5) is 4.09. The zero-order chi connectivity index (χ0) is 14.4. The summed E-state index contributed by atoms with van der Waals surface area (Å²) in [6, 6.07) is 5.74. The molecular weight excluding hydrogens is 463 g/mol. The first-order chi connectivity index (χ1) is 9.63. The van der Waals surface area contributed by atoms with Crippen LogP contribution in [-0.4, -0.2) is 46.6 Å². The van der Waals surface area contributed by atoms with Gasteiger partial charge in [0, 0.05) is 6.20 Å². The summed E-state index contributed by atoms with van der Waals surface area (Å²) in [5.74, 6) is 0.468. The molecule has 1 aromatic heterocycles. The van der Waals surface area contributed by atoms with Crippen molar-refractivity contribution in [2.24, 2.45) is 11.1 Å². The fourth-order valence-electron chi connectivity index (χ4n) is 2.47. The zero-order valence-corrected chi connectivity index (χ0v) is 16.3. The van der Waals surface area contributed by atoms with Crippen molar-refractivity contribution in [3.63, 3.8) is 0 Å². The van der Waals surface area contributed by atoms with Crippen molar-refractivity contribution < 1.29 is 0 Å². The number of nitrogens with zero attached hydrogens (tertiary/aromatic N) is 2. The van der Waals surface area contributed by atoms with Crippen molar-refractivity contribution in [1.29, 1.82) is 0 Å². The van der Waals surface area contributed by atoms with Crippen LogP contribution in [0.3, 0.4) is 0 Å². The molecule has 0 unspecified atom stereocenters. The molecule has 3 rings (SSSR count). The third-order valence-corrected chi connectivity index (χ3v) is 7.32. The average Bonchev–Trinajstić information content (AvgIpc) is 2.36. The Bertz CT molecular complexity index is 428. The first kappa shape index (κ1) is 16.1. The third-order valence-electron chi connectivity index (χ3n) is 3.79. The van der Waals surface area contributed by atoms with E-state index in [2.05, 4.69) is 21.2 Å². The Kier molecular flexibility index (Phi) is 6.16. The Labute approximate surface area is 139 Å². The van der Waals surface area contributed by atoms with Crippen LogP contribution in [0.2, 0.25) is 0 Å². The van der Waals surface area contributed by atoms with Crippen LogP contribution in [0.5, 0.6) is 0 Å². The number of pyridine rings is 1. The van der Waals surface area contributed by atoms with Gasteiger partial charge in [-0.25, -0.2) is 0 Å². The Morgan fingerprint density at radius 3 is 2.70 bits per heavy atom. The number of nitrogens with one attached hydrogen (secondary N) is 1. The summed E-state index contributed by atoms with van der Waals surface area (Å²) in [6.45, 7) is 6.95. The number of nitrogens with two attached hydrogens (primary N) is 1. The Balaban J connectivity index is 0.000000149. The monoisotopic (exact) mass is 485 g/mol. The predicted octanol–water partition coefficient (Wildman–Crippen LogP) is 1.81. The van der Waals surface area contributed by atoms with E-state index in [1.54, 1.807) is 6.20 Å². The van der Waals surface area contributed by atoms with Crippen LogP contribution in [0, 0.1) is 5.41 Å². The Hall–Kier alpha value is -0.278. The molecule has 107 valence electrons. The molecule has 4 nitrogen and oxygen atoms in total. The molecule has 2 fully saturated rings. The fraction of sp³-hybridized carbons (Fsp3) is 0.500. The van der Waals surface area contributed by atoms with Crippen molar-refractivity contribution in [2.75, 3.05) is 13.1 Å². The van der Waals surface area contributed by atoms with E-state index in [1.807, 2.05) is 26.7 Å². The molecule has 0 bridgehead atoms. The Morgan fingerprint density at radius 1 is 1.50 bits per heavy atom. The summed E-state index contributed by atoms with van der Waals surface area (Å²) in [5.41, 5.74) is 7.11. The molecule has 1 aromatic rings. The minimum atomic E-state index is 0.468. The van der Waals surface area contributed by atoms with Gasteiger partial charge >= 0.3 is 74.8 Å². The van der Waals surface area contributed by atoms with E-state index in [1.165, 1.54) is 56.6 Å². The molecule has 3 radical (unpaired) electrons. The molecule has 1 aliphatic carbocycles. The van der Waals surface area contributed by atoms with Gasteiger partial charge in [0.25, 0.3) is 0 Å². The zero-order valence-electron chi connectivity index (χ0n) is 11.6. The molecule has 1 spiro atoms. The molecule has 0 atom stereocenters. The van der Waals surface area contributed by atoms with Gasteiger partial charge in [0.15, 0.2) is 0 Å². The van der Waals surface area contributed by atoms with Crippen LogP contribution >= 0.6 is 8.50 Å². The molecule has 1 aliphatic heterocycles. The second kappa shape index (κ2) is 7.65. The average molecular weight is 485 g/mol. The van der Waals surface area contributed by atoms with Gasteiger partial charge in [0.05, 0.1) is 18.1 Å². The number of hydrogen-bond acceptors (Lipinski definition) is 5. The molecule has 20 heavy (non-hydrogen) atoms. The maximum atomic E-state index is 5.31. The van der Waals surface area contributed by atoms with E-state index in [0.717, 1.165) is 11.1 Å². The van der Waals surface area contributed by atoms with Crippen LogP contribution in [0.4, 0.5) is 0 Å². The molecule has 6 heteroatoms. The van der Waals surface area contributed by atoms with Crippen molar-refractivity contribution in [2.45, 2.75) is 25.8 Å². The van der Waals surface area contributed by atoms with Crippen molar-refractivity contribution in [3.8, 4) is 0 Å². The quantitative estimate of drug-likeness (QED) is 0.504. The maximum absolute atomic E-state index is 5.31. The normalized spacial score (nSPS) is 19.2. The number of rotatable bonds is 4. The Morgan fingerprint density at radius 2 is 2.25 bits per heavy atom. The summed E-state index contributed by atoms with van der Waals surface area (Å²) >= 11 is 1.28. The molecule has 1 saturated heterocycles. The molecule has 2 heterocycles. The van der Waals surface area contributed by atoms with Crippen LogP contribution in [0.1, 0.15) is 25.0 Å². The number of aromatic nitrogens is 1. The van der Waals surface area contributed by atoms with Crippen LogP contribution in [0.15, 0.2) is 36.8 Å². The first-order valence-corrected chi connectivity index (χ1v) is 12.3. The van der Waals surface area contributed by atoms with E-state index < -0.39 is 0 Å². The second-order valence-electron chi connectivity index (χ2n) is 5.44. The van der Waals surface area contributed by atoms with Gasteiger partial charge in [-0.2, -0.15) is 0 Å². The molecular formula is C14H21N4PbS. The molecule has 2 aliphatic rings. The van der Waals surface area contributed by atoms with E-state index in [4.69, 9.17) is 5.73 Å². The van der Waals surface area contributed by atoms with E-state index >= 15 is 0 Å². The predicted molar refractivity (Wildman–Crippen MR) is 85.6 cm³/mol. The fourth-order valence-corrected chi connectivity index (χ4v) is 4.65. The SMILES string of the molecule is C=C(N)NCc1ccccn1.[Pb][S]N1CC2(CCC2)C1. The van der Waals surface area contributed by atoms with Gasteiger partial charge in [0.2, 0.25) is 0 Å². The standard InChI is InChI=1S/C8H11N3.C6H10NS.Pb/c1-7(9)11-6-8-4-2-3-5-10-8;8-7-4-6(5-7)2-1-3-6;/h2-5,11H,1,6,9H2;1-5H2;/q;-1;+1. The summed E-state index contributed by atoms with van der Waals surface area (Å²) < 4.78 is 2.52. The van der Waals surface area contributed by atoms with Crippen LogP contribution < -0.4 is 11.1 Å². The third kappa shape index (κ3) is 4.63. The van der Waals surface area contributed by atoms with Gasteiger partial charge < -0.3 is 11.1 Å². The van der Waals surface area contributed by atoms with Crippen LogP contribution in [-0.2, 0) is 6.54 Å². The molecule has 3 N–H and O–H groups in total. The van der Waals surface area contributed by atoms with Gasteiger partial charge in [0.1, 0.15) is 0 Å². The van der Waals surface area contributed by atoms with E-state index in [9.17, 15) is 0 Å². The summed E-state index contributed by atoms with van der Waals surface area (Å²) in [7, 11) is 2.04. The molecule has 1 saturated carbocycles. The number of hydrogen-bond donors (Lipinski definition) is 2. The summed E-state index contributed by atoms with van der Waals surface area (Å²) in [6.07, 6.45) is 6.28. The minimum absolute atomic E-state index is 0.468. The second-order valence-corrected chi connectivity index (χ2v) is 8.27. The van der Waals surface area contributed by atoms with E-state index in [0.29, 0.717) is 12.4 Å². The molecule has 0 aromatic carbocycles. The van der Waals surface area contributed by atoms with Crippen molar-refractivity contribution >= 4 is 32.8 Å². The van der Waals surface area contributed by atoms with Gasteiger partial charge in [-0.1, -0.05) is 12.6 Å². The van der Waals surface area contributed by atoms with Crippen molar-refractivity contribution in [3.05, 3.63) is 42.5 Å². The van der Waals surface area contributed by atoms with Gasteiger partial charge in [-0.3, -0.25) is 4.98 Å². The molecule has 0 amide bonds. The summed E-state index contributed by atoms with van der Waals surface area (Å²) in [5, 5.41) is 2.88. The van der Waals surface area contributed by atoms with Gasteiger partial charge in [-0.05, 0) is 12.1 Å². The van der Waals surface area contributed by atoms with Crippen LogP contribution in [0.25, 0.3) is 0 Å². The topological polar surface area (TPSA) is 54.2 Å². The first-order valence-electron chi connectivity index (χ1n) is 6.80. The van der Waals surface area contributed by atoms with Crippen molar-refractivity contribution in [1.82, 2.24) is 14.6 Å². The van der Waals surface area contributed by atoms with E-state index in [-0.39, 0.29) is 0 Å².